The number of nitrogens with two attached hydrogens (primary N) is 1. The number of anilines is 1. The second kappa shape index (κ2) is 4.15. The summed E-state index contributed by atoms with van der Waals surface area (Å²) in [6.45, 7) is 2.18. The average Bonchev–Trinajstić information content (AvgIpc) is 2.85. The van der Waals surface area contributed by atoms with Gasteiger partial charge in [0.15, 0.2) is 11.6 Å². The van der Waals surface area contributed by atoms with Crippen LogP contribution in [0.25, 0.3) is 0 Å². The molecule has 2 heterocycles. The quantitative estimate of drug-likeness (QED) is 0.847. The van der Waals surface area contributed by atoms with Crippen molar-refractivity contribution in [3.8, 4) is 11.5 Å². The normalized spacial score (nSPS) is 17.3. The van der Waals surface area contributed by atoms with Gasteiger partial charge in [-0.15, -0.1) is 0 Å². The molecule has 0 saturated carbocycles. The molecule has 0 unspecified atom stereocenters. The van der Waals surface area contributed by atoms with E-state index in [9.17, 15) is 8.78 Å². The first-order valence-corrected chi connectivity index (χ1v) is 5.76. The van der Waals surface area contributed by atoms with Crippen molar-refractivity contribution in [1.82, 2.24) is 0 Å². The van der Waals surface area contributed by atoms with Crippen LogP contribution in [0, 0.1) is 11.6 Å². The molecule has 1 aromatic carbocycles. The smallest absolute Gasteiger partial charge is 0.231 e. The number of benzene rings is 1. The summed E-state index contributed by atoms with van der Waals surface area (Å²) in [4.78, 5) is 1.50. The Labute approximate surface area is 108 Å². The van der Waals surface area contributed by atoms with Gasteiger partial charge >= 0.3 is 0 Å². The maximum atomic E-state index is 14.1. The lowest BCUT2D eigenvalue weighted by molar-refractivity contribution is 0.170. The Morgan fingerprint density at radius 1 is 1.21 bits per heavy atom. The molecule has 2 N–H and O–H groups in total. The van der Waals surface area contributed by atoms with Crippen molar-refractivity contribution in [1.29, 1.82) is 0 Å². The Morgan fingerprint density at radius 3 is 2.79 bits per heavy atom. The van der Waals surface area contributed by atoms with Crippen LogP contribution in [0.2, 0.25) is 0 Å². The molecule has 0 spiro atoms. The molecule has 0 aliphatic carbocycles. The summed E-state index contributed by atoms with van der Waals surface area (Å²) < 4.78 is 37.9. The molecule has 19 heavy (non-hydrogen) atoms. The molecule has 6 heteroatoms. The predicted molar refractivity (Wildman–Crippen MR) is 65.9 cm³/mol. The van der Waals surface area contributed by atoms with E-state index in [1.807, 2.05) is 13.0 Å². The fourth-order valence-electron chi connectivity index (χ4n) is 2.10. The molecular weight excluding hydrogens is 254 g/mol. The number of rotatable bonds is 1. The number of nitrogens with zero attached hydrogens (tertiary/aromatic N) is 1. The minimum absolute atomic E-state index is 0.0444. The van der Waals surface area contributed by atoms with E-state index in [0.29, 0.717) is 12.4 Å². The van der Waals surface area contributed by atoms with Crippen LogP contribution in [0.15, 0.2) is 29.6 Å². The van der Waals surface area contributed by atoms with Crippen molar-refractivity contribution in [3.05, 3.63) is 41.2 Å². The van der Waals surface area contributed by atoms with Crippen LogP contribution in [0.3, 0.4) is 0 Å². The van der Waals surface area contributed by atoms with Crippen LogP contribution in [0.5, 0.6) is 11.5 Å². The minimum atomic E-state index is -1.05. The van der Waals surface area contributed by atoms with E-state index < -0.39 is 11.6 Å². The Morgan fingerprint density at radius 2 is 2.00 bits per heavy atom. The Bertz CT molecular complexity index is 611. The van der Waals surface area contributed by atoms with E-state index in [2.05, 4.69) is 0 Å². The number of ether oxygens (including phenoxy) is 2. The third-order valence-corrected chi connectivity index (χ3v) is 3.07. The van der Waals surface area contributed by atoms with Gasteiger partial charge in [-0.25, -0.2) is 4.39 Å². The first-order valence-electron chi connectivity index (χ1n) is 5.76. The Kier molecular flexibility index (Phi) is 2.58. The monoisotopic (exact) mass is 266 g/mol. The second-order valence-electron chi connectivity index (χ2n) is 4.45. The van der Waals surface area contributed by atoms with Crippen molar-refractivity contribution >= 4 is 5.69 Å². The number of allylic oxidation sites excluding steroid dienone is 2. The van der Waals surface area contributed by atoms with Gasteiger partial charge in [-0.3, -0.25) is 0 Å². The number of halogens is 2. The molecule has 0 atom stereocenters. The topological polar surface area (TPSA) is 47.7 Å². The zero-order valence-corrected chi connectivity index (χ0v) is 10.2. The fraction of sp³-hybridized carbons (Fsp3) is 0.231. The van der Waals surface area contributed by atoms with Gasteiger partial charge < -0.3 is 20.1 Å². The maximum Gasteiger partial charge on any atom is 0.231 e. The molecule has 4 nitrogen and oxygen atoms in total. The molecule has 0 radical (unpaired) electrons. The maximum absolute atomic E-state index is 14.1. The van der Waals surface area contributed by atoms with E-state index >= 15 is 0 Å². The first-order chi connectivity index (χ1) is 9.08. The molecule has 2 aliphatic heterocycles. The highest BCUT2D eigenvalue weighted by molar-refractivity contribution is 5.63. The zero-order chi connectivity index (χ0) is 13.6. The van der Waals surface area contributed by atoms with Gasteiger partial charge in [0, 0.05) is 12.6 Å². The largest absolute Gasteiger partial charge is 0.453 e. The summed E-state index contributed by atoms with van der Waals surface area (Å²) in [6.07, 6.45) is 3.49. The van der Waals surface area contributed by atoms with Crippen molar-refractivity contribution in [2.45, 2.75) is 6.92 Å². The van der Waals surface area contributed by atoms with E-state index in [-0.39, 0.29) is 24.0 Å². The Balaban J connectivity index is 2.09. The van der Waals surface area contributed by atoms with Gasteiger partial charge in [-0.05, 0) is 13.0 Å². The number of hydrogen-bond donors (Lipinski definition) is 1. The highest BCUT2D eigenvalue weighted by Crippen LogP contribution is 2.41. The lowest BCUT2D eigenvalue weighted by Crippen LogP contribution is -2.32. The third-order valence-electron chi connectivity index (χ3n) is 3.07. The highest BCUT2D eigenvalue weighted by Gasteiger charge is 2.28. The summed E-state index contributed by atoms with van der Waals surface area (Å²) in [5, 5.41) is 0. The molecule has 0 amide bonds. The van der Waals surface area contributed by atoms with Gasteiger partial charge in [0.25, 0.3) is 0 Å². The van der Waals surface area contributed by atoms with Crippen LogP contribution >= 0.6 is 0 Å². The van der Waals surface area contributed by atoms with E-state index in [1.165, 1.54) is 11.0 Å². The predicted octanol–water partition coefficient (Wildman–Crippen LogP) is 2.26. The molecule has 1 aromatic rings. The van der Waals surface area contributed by atoms with Crippen LogP contribution in [-0.2, 0) is 0 Å². The fourth-order valence-corrected chi connectivity index (χ4v) is 2.10. The highest BCUT2D eigenvalue weighted by atomic mass is 19.2. The summed E-state index contributed by atoms with van der Waals surface area (Å²) in [5.74, 6) is -1.69. The van der Waals surface area contributed by atoms with Gasteiger partial charge in [0.05, 0.1) is 5.69 Å². The first kappa shape index (κ1) is 11.8. The molecule has 0 bridgehead atoms. The van der Waals surface area contributed by atoms with Gasteiger partial charge in [0.1, 0.15) is 5.82 Å². The molecular formula is C13H12F2N2O2. The van der Waals surface area contributed by atoms with Gasteiger partial charge in [-0.1, -0.05) is 11.6 Å². The van der Waals surface area contributed by atoms with E-state index in [4.69, 9.17) is 15.2 Å². The summed E-state index contributed by atoms with van der Waals surface area (Å²) >= 11 is 0. The molecule has 0 saturated heterocycles. The summed E-state index contributed by atoms with van der Waals surface area (Å²) in [7, 11) is 0. The van der Waals surface area contributed by atoms with Crippen LogP contribution in [0.4, 0.5) is 14.5 Å². The SMILES string of the molecule is CC1=CC=C(N)N(c2cc3c(c(F)c2F)OCO3)C1. The van der Waals surface area contributed by atoms with Crippen molar-refractivity contribution < 1.29 is 18.3 Å². The van der Waals surface area contributed by atoms with Crippen LogP contribution in [-0.4, -0.2) is 13.3 Å². The minimum Gasteiger partial charge on any atom is -0.453 e. The molecule has 100 valence electrons. The second-order valence-corrected chi connectivity index (χ2v) is 4.45. The average molecular weight is 266 g/mol. The van der Waals surface area contributed by atoms with Crippen molar-refractivity contribution in [2.75, 3.05) is 18.2 Å². The molecule has 2 aliphatic rings. The van der Waals surface area contributed by atoms with Crippen molar-refractivity contribution in [2.24, 2.45) is 5.73 Å². The lowest BCUT2D eigenvalue weighted by Gasteiger charge is -2.28. The number of fused-ring (bicyclic) bond motifs is 1. The van der Waals surface area contributed by atoms with Crippen molar-refractivity contribution in [3.63, 3.8) is 0 Å². The Hall–Kier alpha value is -2.24. The van der Waals surface area contributed by atoms with Gasteiger partial charge in [0.2, 0.25) is 18.4 Å². The number of hydrogen-bond acceptors (Lipinski definition) is 4. The summed E-state index contributed by atoms with van der Waals surface area (Å²) in [6, 6.07) is 1.40. The molecule has 0 aromatic heterocycles. The molecule has 0 fully saturated rings. The van der Waals surface area contributed by atoms with Crippen LogP contribution < -0.4 is 20.1 Å². The van der Waals surface area contributed by atoms with Gasteiger partial charge in [-0.2, -0.15) is 4.39 Å². The third kappa shape index (κ3) is 1.80. The van der Waals surface area contributed by atoms with E-state index in [0.717, 1.165) is 5.57 Å². The lowest BCUT2D eigenvalue weighted by atomic mass is 10.1. The zero-order valence-electron chi connectivity index (χ0n) is 10.2. The summed E-state index contributed by atoms with van der Waals surface area (Å²) in [5.41, 5.74) is 6.86. The standard InChI is InChI=1S/C13H12F2N2O2/c1-7-2-3-10(16)17(5-7)8-4-9-13(19-6-18-9)12(15)11(8)14/h2-4H,5-6,16H2,1H3. The molecule has 3 rings (SSSR count). The van der Waals surface area contributed by atoms with E-state index in [1.54, 1.807) is 6.08 Å². The van der Waals surface area contributed by atoms with Crippen LogP contribution in [0.1, 0.15) is 6.92 Å².